The van der Waals surface area contributed by atoms with Gasteiger partial charge in [-0.2, -0.15) is 0 Å². The summed E-state index contributed by atoms with van der Waals surface area (Å²) >= 11 is 6.90. The van der Waals surface area contributed by atoms with Gasteiger partial charge in [0, 0.05) is 23.0 Å². The monoisotopic (exact) mass is 557 g/mol. The zero-order valence-corrected chi connectivity index (χ0v) is 22.2. The first-order chi connectivity index (χ1) is 19.3. The van der Waals surface area contributed by atoms with Gasteiger partial charge in [-0.25, -0.2) is 23.7 Å². The lowest BCUT2D eigenvalue weighted by Crippen LogP contribution is -2.05. The molecule has 1 N–H and O–H groups in total. The molecule has 0 bridgehead atoms. The molecule has 5 aromatic rings. The SMILES string of the molecule is C=Cc1cnc2c(Nc3cccc(-c4cccc(-c5ccc(C=O)c(OC)n5)c4Cl)c3C)nc(C(F)F)nc2c1. The normalized spacial score (nSPS) is 11.1. The smallest absolute Gasteiger partial charge is 0.297 e. The van der Waals surface area contributed by atoms with Gasteiger partial charge in [-0.15, -0.1) is 0 Å². The Bertz CT molecular complexity index is 1780. The van der Waals surface area contributed by atoms with Gasteiger partial charge in [-0.05, 0) is 47.9 Å². The largest absolute Gasteiger partial charge is 0.480 e. The van der Waals surface area contributed by atoms with Crippen LogP contribution in [0.25, 0.3) is 39.5 Å². The molecule has 0 atom stereocenters. The van der Waals surface area contributed by atoms with Crippen molar-refractivity contribution in [2.24, 2.45) is 0 Å². The first-order valence-corrected chi connectivity index (χ1v) is 12.5. The fourth-order valence-electron chi connectivity index (χ4n) is 4.33. The number of hydrogen-bond donors (Lipinski definition) is 1. The van der Waals surface area contributed by atoms with Crippen LogP contribution in [0.5, 0.6) is 5.88 Å². The van der Waals surface area contributed by atoms with E-state index >= 15 is 0 Å². The number of halogens is 3. The highest BCUT2D eigenvalue weighted by Crippen LogP contribution is 2.40. The maximum absolute atomic E-state index is 13.6. The van der Waals surface area contributed by atoms with Crippen molar-refractivity contribution in [1.29, 1.82) is 0 Å². The number of carbonyl (C=O) groups is 1. The average molecular weight is 558 g/mol. The molecule has 7 nitrogen and oxygen atoms in total. The lowest BCUT2D eigenvalue weighted by atomic mass is 9.96. The number of nitrogens with zero attached hydrogens (tertiary/aromatic N) is 4. The molecule has 0 unspecified atom stereocenters. The zero-order valence-electron chi connectivity index (χ0n) is 21.5. The van der Waals surface area contributed by atoms with E-state index in [-0.39, 0.29) is 17.2 Å². The summed E-state index contributed by atoms with van der Waals surface area (Å²) in [7, 11) is 1.44. The van der Waals surface area contributed by atoms with Gasteiger partial charge in [-0.1, -0.05) is 54.6 Å². The van der Waals surface area contributed by atoms with E-state index in [1.165, 1.54) is 7.11 Å². The summed E-state index contributed by atoms with van der Waals surface area (Å²) in [6, 6.07) is 16.1. The molecule has 0 fully saturated rings. The Kier molecular flexibility index (Phi) is 7.48. The molecular weight excluding hydrogens is 536 g/mol. The van der Waals surface area contributed by atoms with E-state index in [9.17, 15) is 13.6 Å². The van der Waals surface area contributed by atoms with E-state index < -0.39 is 12.2 Å². The Morgan fingerprint density at radius 3 is 2.50 bits per heavy atom. The third-order valence-electron chi connectivity index (χ3n) is 6.37. The standard InChI is InChI=1S/C30H22ClF2N5O2/c1-4-17-13-24-26(34-14-17)28(38-29(36-24)27(32)33)35-22-10-6-7-19(16(22)2)20-8-5-9-21(25(20)31)23-12-11-18(15-39)30(37-23)40-3/h4-15,27H,1H2,2-3H3,(H,35,36,38). The Morgan fingerprint density at radius 2 is 1.77 bits per heavy atom. The molecule has 5 rings (SSSR count). The summed E-state index contributed by atoms with van der Waals surface area (Å²) < 4.78 is 32.5. The lowest BCUT2D eigenvalue weighted by molar-refractivity contribution is 0.112. The van der Waals surface area contributed by atoms with Crippen molar-refractivity contribution >= 4 is 46.5 Å². The number of pyridine rings is 2. The topological polar surface area (TPSA) is 89.9 Å². The molecule has 0 saturated carbocycles. The Labute approximate surface area is 233 Å². The highest BCUT2D eigenvalue weighted by Gasteiger charge is 2.19. The van der Waals surface area contributed by atoms with Crippen LogP contribution in [0.4, 0.5) is 20.3 Å². The highest BCUT2D eigenvalue weighted by molar-refractivity contribution is 6.36. The number of nitrogens with one attached hydrogen (secondary N) is 1. The molecule has 200 valence electrons. The van der Waals surface area contributed by atoms with E-state index in [4.69, 9.17) is 16.3 Å². The zero-order chi connectivity index (χ0) is 28.4. The highest BCUT2D eigenvalue weighted by atomic mass is 35.5. The van der Waals surface area contributed by atoms with E-state index in [0.29, 0.717) is 44.9 Å². The molecule has 3 aromatic heterocycles. The molecule has 0 aliphatic rings. The van der Waals surface area contributed by atoms with Crippen LogP contribution in [-0.4, -0.2) is 33.3 Å². The molecule has 0 saturated heterocycles. The van der Waals surface area contributed by atoms with Crippen molar-refractivity contribution in [3.05, 3.63) is 94.9 Å². The van der Waals surface area contributed by atoms with Crippen molar-refractivity contribution in [3.63, 3.8) is 0 Å². The number of rotatable bonds is 8. The summed E-state index contributed by atoms with van der Waals surface area (Å²) in [6.45, 7) is 5.59. The number of methoxy groups -OCH3 is 1. The van der Waals surface area contributed by atoms with Crippen molar-refractivity contribution in [3.8, 4) is 28.3 Å². The molecule has 0 amide bonds. The van der Waals surface area contributed by atoms with E-state index in [1.807, 2.05) is 43.3 Å². The Balaban J connectivity index is 1.59. The van der Waals surface area contributed by atoms with Gasteiger partial charge in [-0.3, -0.25) is 9.78 Å². The number of anilines is 2. The number of ether oxygens (including phenoxy) is 1. The van der Waals surface area contributed by atoms with Gasteiger partial charge in [0.1, 0.15) is 5.52 Å². The number of aldehydes is 1. The average Bonchev–Trinajstić information content (AvgIpc) is 2.97. The van der Waals surface area contributed by atoms with Crippen LogP contribution in [-0.2, 0) is 0 Å². The number of alkyl halides is 2. The minimum absolute atomic E-state index is 0.155. The predicted octanol–water partition coefficient (Wildman–Crippen LogP) is 7.86. The fraction of sp³-hybridized carbons (Fsp3) is 0.100. The molecule has 10 heteroatoms. The van der Waals surface area contributed by atoms with Crippen LogP contribution in [0.2, 0.25) is 5.02 Å². The third kappa shape index (κ3) is 4.99. The summed E-state index contributed by atoms with van der Waals surface area (Å²) in [5, 5.41) is 3.62. The second-order valence-electron chi connectivity index (χ2n) is 8.75. The van der Waals surface area contributed by atoms with Crippen molar-refractivity contribution in [2.75, 3.05) is 12.4 Å². The second kappa shape index (κ2) is 11.2. The van der Waals surface area contributed by atoms with Crippen molar-refractivity contribution in [1.82, 2.24) is 19.9 Å². The Morgan fingerprint density at radius 1 is 1.02 bits per heavy atom. The van der Waals surface area contributed by atoms with Crippen LogP contribution in [0.1, 0.15) is 33.7 Å². The number of fused-ring (bicyclic) bond motifs is 1. The lowest BCUT2D eigenvalue weighted by Gasteiger charge is -2.17. The molecule has 0 radical (unpaired) electrons. The predicted molar refractivity (Wildman–Crippen MR) is 152 cm³/mol. The summed E-state index contributed by atoms with van der Waals surface area (Å²) in [5.41, 5.74) is 5.76. The van der Waals surface area contributed by atoms with Crippen molar-refractivity contribution in [2.45, 2.75) is 13.3 Å². The minimum Gasteiger partial charge on any atom is -0.480 e. The van der Waals surface area contributed by atoms with Gasteiger partial charge < -0.3 is 10.1 Å². The first kappa shape index (κ1) is 26.8. The molecular formula is C30H22ClF2N5O2. The van der Waals surface area contributed by atoms with Gasteiger partial charge >= 0.3 is 0 Å². The minimum atomic E-state index is -2.86. The first-order valence-electron chi connectivity index (χ1n) is 12.1. The number of benzene rings is 2. The molecule has 2 aromatic carbocycles. The summed E-state index contributed by atoms with van der Waals surface area (Å²) in [6.07, 6.45) is 0.955. The molecule has 3 heterocycles. The molecule has 0 aliphatic heterocycles. The number of hydrogen-bond acceptors (Lipinski definition) is 7. The van der Waals surface area contributed by atoms with Crippen LogP contribution >= 0.6 is 11.6 Å². The van der Waals surface area contributed by atoms with Crippen molar-refractivity contribution < 1.29 is 18.3 Å². The number of aromatic nitrogens is 4. The summed E-state index contributed by atoms with van der Waals surface area (Å²) in [4.78, 5) is 28.2. The molecule has 0 aliphatic carbocycles. The Hall–Kier alpha value is -4.76. The van der Waals surface area contributed by atoms with Crippen LogP contribution in [0.15, 0.2) is 67.4 Å². The van der Waals surface area contributed by atoms with Gasteiger partial charge in [0.05, 0.1) is 28.9 Å². The molecule has 0 spiro atoms. The third-order valence-corrected chi connectivity index (χ3v) is 6.77. The van der Waals surface area contributed by atoms with Crippen LogP contribution < -0.4 is 10.1 Å². The van der Waals surface area contributed by atoms with E-state index in [0.717, 1.165) is 16.7 Å². The van der Waals surface area contributed by atoms with Gasteiger partial charge in [0.25, 0.3) is 6.43 Å². The van der Waals surface area contributed by atoms with E-state index in [2.05, 4.69) is 31.8 Å². The van der Waals surface area contributed by atoms with Crippen LogP contribution in [0, 0.1) is 6.92 Å². The summed E-state index contributed by atoms with van der Waals surface area (Å²) in [5.74, 6) is -0.251. The van der Waals surface area contributed by atoms with Crippen LogP contribution in [0.3, 0.4) is 0 Å². The maximum atomic E-state index is 13.6. The molecule has 40 heavy (non-hydrogen) atoms. The van der Waals surface area contributed by atoms with E-state index in [1.54, 1.807) is 30.5 Å². The fourth-order valence-corrected chi connectivity index (χ4v) is 4.66. The maximum Gasteiger partial charge on any atom is 0.297 e. The van der Waals surface area contributed by atoms with Gasteiger partial charge in [0.2, 0.25) is 5.88 Å². The quantitative estimate of drug-likeness (QED) is 0.194. The second-order valence-corrected chi connectivity index (χ2v) is 9.13. The number of carbonyl (C=O) groups excluding carboxylic acids is 1. The van der Waals surface area contributed by atoms with Gasteiger partial charge in [0.15, 0.2) is 17.9 Å².